The third-order valence-corrected chi connectivity index (χ3v) is 3.66. The standard InChI is InChI=1S/C10H19NO.C2H6/c1-8(12-3)9-6-10(4-5-10)7-11(9)2;1-2/h8-9H,4-7H2,1-3H3;1-2H3/t8-,9?;/m0./s1. The third kappa shape index (κ3) is 2.29. The van der Waals surface area contributed by atoms with Crippen molar-refractivity contribution < 1.29 is 4.74 Å². The minimum Gasteiger partial charge on any atom is -0.380 e. The van der Waals surface area contributed by atoms with Crippen LogP contribution in [0.5, 0.6) is 0 Å². The molecule has 1 aliphatic carbocycles. The predicted molar refractivity (Wildman–Crippen MR) is 60.5 cm³/mol. The Hall–Kier alpha value is -0.0800. The van der Waals surface area contributed by atoms with E-state index in [-0.39, 0.29) is 0 Å². The number of likely N-dealkylation sites (tertiary alicyclic amines) is 1. The highest BCUT2D eigenvalue weighted by Gasteiger charge is 2.51. The van der Waals surface area contributed by atoms with E-state index in [9.17, 15) is 0 Å². The lowest BCUT2D eigenvalue weighted by atomic mass is 10.0. The quantitative estimate of drug-likeness (QED) is 0.677. The van der Waals surface area contributed by atoms with Crippen LogP contribution in [0.2, 0.25) is 0 Å². The van der Waals surface area contributed by atoms with Gasteiger partial charge in [0.15, 0.2) is 0 Å². The first kappa shape index (κ1) is 12.0. The third-order valence-electron chi connectivity index (χ3n) is 3.66. The van der Waals surface area contributed by atoms with Gasteiger partial charge in [0.25, 0.3) is 0 Å². The van der Waals surface area contributed by atoms with Crippen molar-refractivity contribution in [1.29, 1.82) is 0 Å². The minimum atomic E-state index is 0.398. The van der Waals surface area contributed by atoms with Crippen molar-refractivity contribution in [2.24, 2.45) is 5.41 Å². The molecule has 0 aromatic carbocycles. The first-order valence-corrected chi connectivity index (χ1v) is 5.90. The van der Waals surface area contributed by atoms with Gasteiger partial charge < -0.3 is 9.64 Å². The highest BCUT2D eigenvalue weighted by Crippen LogP contribution is 2.54. The molecule has 2 nitrogen and oxygen atoms in total. The molecular formula is C12H25NO. The Labute approximate surface area is 88.6 Å². The fourth-order valence-corrected chi connectivity index (χ4v) is 2.53. The van der Waals surface area contributed by atoms with Crippen LogP contribution in [0.3, 0.4) is 0 Å². The van der Waals surface area contributed by atoms with Crippen LogP contribution < -0.4 is 0 Å². The molecule has 2 fully saturated rings. The maximum atomic E-state index is 5.38. The summed E-state index contributed by atoms with van der Waals surface area (Å²) in [5.74, 6) is 0. The summed E-state index contributed by atoms with van der Waals surface area (Å²) < 4.78 is 5.38. The monoisotopic (exact) mass is 199 g/mol. The van der Waals surface area contributed by atoms with Crippen molar-refractivity contribution in [3.63, 3.8) is 0 Å². The Kier molecular flexibility index (Phi) is 3.96. The first-order valence-electron chi connectivity index (χ1n) is 5.90. The molecule has 1 heterocycles. The van der Waals surface area contributed by atoms with E-state index < -0.39 is 0 Å². The van der Waals surface area contributed by atoms with E-state index >= 15 is 0 Å². The van der Waals surface area contributed by atoms with Crippen molar-refractivity contribution >= 4 is 0 Å². The lowest BCUT2D eigenvalue weighted by Gasteiger charge is -2.24. The average Bonchev–Trinajstić information content (AvgIpc) is 2.87. The van der Waals surface area contributed by atoms with Crippen LogP contribution in [0.15, 0.2) is 0 Å². The molecule has 0 N–H and O–H groups in total. The Bertz CT molecular complexity index is 177. The molecule has 1 unspecified atom stereocenters. The molecule has 14 heavy (non-hydrogen) atoms. The largest absolute Gasteiger partial charge is 0.380 e. The van der Waals surface area contributed by atoms with Crippen LogP contribution in [0.4, 0.5) is 0 Å². The molecule has 0 radical (unpaired) electrons. The van der Waals surface area contributed by atoms with Crippen LogP contribution in [0, 0.1) is 5.41 Å². The molecule has 2 rings (SSSR count). The minimum absolute atomic E-state index is 0.398. The van der Waals surface area contributed by atoms with Crippen LogP contribution in [-0.2, 0) is 4.74 Å². The van der Waals surface area contributed by atoms with Gasteiger partial charge in [-0.3, -0.25) is 0 Å². The number of ether oxygens (including phenoxy) is 1. The van der Waals surface area contributed by atoms with E-state index in [1.807, 2.05) is 21.0 Å². The number of methoxy groups -OCH3 is 1. The van der Waals surface area contributed by atoms with Gasteiger partial charge in [0.05, 0.1) is 6.10 Å². The Morgan fingerprint density at radius 3 is 2.29 bits per heavy atom. The maximum Gasteiger partial charge on any atom is 0.0698 e. The molecule has 1 spiro atoms. The number of hydrogen-bond acceptors (Lipinski definition) is 2. The Morgan fingerprint density at radius 2 is 1.93 bits per heavy atom. The second-order valence-electron chi connectivity index (χ2n) is 4.63. The maximum absolute atomic E-state index is 5.38. The van der Waals surface area contributed by atoms with Gasteiger partial charge in [-0.1, -0.05) is 13.8 Å². The topological polar surface area (TPSA) is 12.5 Å². The van der Waals surface area contributed by atoms with Gasteiger partial charge in [-0.15, -0.1) is 0 Å². The summed E-state index contributed by atoms with van der Waals surface area (Å²) in [5.41, 5.74) is 0.714. The Balaban J connectivity index is 0.000000461. The fraction of sp³-hybridized carbons (Fsp3) is 1.00. The zero-order chi connectivity index (χ0) is 10.8. The number of hydrogen-bond donors (Lipinski definition) is 0. The van der Waals surface area contributed by atoms with Crippen molar-refractivity contribution in [1.82, 2.24) is 4.90 Å². The van der Waals surface area contributed by atoms with Crippen LogP contribution >= 0.6 is 0 Å². The van der Waals surface area contributed by atoms with Gasteiger partial charge in [0, 0.05) is 19.7 Å². The summed E-state index contributed by atoms with van der Waals surface area (Å²) in [6.07, 6.45) is 4.66. The average molecular weight is 199 g/mol. The van der Waals surface area contributed by atoms with E-state index in [1.165, 1.54) is 25.8 Å². The van der Waals surface area contributed by atoms with Gasteiger partial charge >= 0.3 is 0 Å². The summed E-state index contributed by atoms with van der Waals surface area (Å²) in [7, 11) is 4.05. The molecule has 0 bridgehead atoms. The van der Waals surface area contributed by atoms with Crippen molar-refractivity contribution in [2.45, 2.75) is 52.2 Å². The second-order valence-corrected chi connectivity index (χ2v) is 4.63. The van der Waals surface area contributed by atoms with E-state index in [4.69, 9.17) is 4.74 Å². The summed E-state index contributed by atoms with van der Waals surface area (Å²) in [6, 6.07) is 0.664. The summed E-state index contributed by atoms with van der Waals surface area (Å²) in [6.45, 7) is 7.48. The summed E-state index contributed by atoms with van der Waals surface area (Å²) >= 11 is 0. The van der Waals surface area contributed by atoms with E-state index in [0.29, 0.717) is 17.6 Å². The van der Waals surface area contributed by atoms with E-state index in [1.54, 1.807) is 0 Å². The molecular weight excluding hydrogens is 174 g/mol. The summed E-state index contributed by atoms with van der Waals surface area (Å²) in [4.78, 5) is 2.47. The molecule has 2 aliphatic rings. The number of likely N-dealkylation sites (N-methyl/N-ethyl adjacent to an activating group) is 1. The molecule has 1 aliphatic heterocycles. The van der Waals surface area contributed by atoms with Gasteiger partial charge in [-0.05, 0) is 38.6 Å². The van der Waals surface area contributed by atoms with Gasteiger partial charge in [-0.2, -0.15) is 0 Å². The first-order chi connectivity index (χ1) is 6.67. The number of rotatable bonds is 2. The van der Waals surface area contributed by atoms with Crippen molar-refractivity contribution in [2.75, 3.05) is 20.7 Å². The number of nitrogens with zero attached hydrogens (tertiary/aromatic N) is 1. The van der Waals surface area contributed by atoms with Crippen LogP contribution in [0.25, 0.3) is 0 Å². The van der Waals surface area contributed by atoms with Gasteiger partial charge in [-0.25, -0.2) is 0 Å². The summed E-state index contributed by atoms with van der Waals surface area (Å²) in [5, 5.41) is 0. The molecule has 0 aromatic rings. The Morgan fingerprint density at radius 1 is 1.36 bits per heavy atom. The lowest BCUT2D eigenvalue weighted by molar-refractivity contribution is 0.0529. The van der Waals surface area contributed by atoms with Crippen molar-refractivity contribution in [3.05, 3.63) is 0 Å². The normalized spacial score (nSPS) is 31.1. The molecule has 1 saturated heterocycles. The molecule has 2 atom stereocenters. The smallest absolute Gasteiger partial charge is 0.0698 e. The van der Waals surface area contributed by atoms with E-state index in [0.717, 1.165) is 0 Å². The van der Waals surface area contributed by atoms with Crippen molar-refractivity contribution in [3.8, 4) is 0 Å². The highest BCUT2D eigenvalue weighted by atomic mass is 16.5. The van der Waals surface area contributed by atoms with Gasteiger partial charge in [0.2, 0.25) is 0 Å². The molecule has 84 valence electrons. The molecule has 1 saturated carbocycles. The zero-order valence-electron chi connectivity index (χ0n) is 10.3. The fourth-order valence-electron chi connectivity index (χ4n) is 2.53. The van der Waals surface area contributed by atoms with Crippen LogP contribution in [-0.4, -0.2) is 37.7 Å². The highest BCUT2D eigenvalue weighted by molar-refractivity contribution is 5.04. The molecule has 2 heteroatoms. The molecule has 0 aromatic heterocycles. The van der Waals surface area contributed by atoms with E-state index in [2.05, 4.69) is 18.9 Å². The molecule has 0 amide bonds. The SMILES string of the molecule is CC.CO[C@@H](C)C1CC2(CC2)CN1C. The lowest BCUT2D eigenvalue weighted by Crippen LogP contribution is -2.35. The predicted octanol–water partition coefficient (Wildman–Crippen LogP) is 2.53. The van der Waals surface area contributed by atoms with Crippen LogP contribution in [0.1, 0.15) is 40.0 Å². The van der Waals surface area contributed by atoms with Gasteiger partial charge in [0.1, 0.15) is 0 Å². The zero-order valence-corrected chi connectivity index (χ0v) is 10.3. The second kappa shape index (κ2) is 4.63.